The number of nitrogens with one attached hydrogen (secondary N) is 1. The highest BCUT2D eigenvalue weighted by Crippen LogP contribution is 2.14. The smallest absolute Gasteiger partial charge is 0.238 e. The lowest BCUT2D eigenvalue weighted by Crippen LogP contribution is -2.41. The molecule has 122 valence electrons. The minimum absolute atomic E-state index is 0.0767. The van der Waals surface area contributed by atoms with E-state index in [1.165, 1.54) is 0 Å². The Morgan fingerprint density at radius 2 is 1.70 bits per heavy atom. The number of hydrogen-bond donors (Lipinski definition) is 1. The predicted molar refractivity (Wildman–Crippen MR) is 92.2 cm³/mol. The average Bonchev–Trinajstić information content (AvgIpc) is 2.59. The maximum Gasteiger partial charge on any atom is 0.238 e. The van der Waals surface area contributed by atoms with E-state index in [9.17, 15) is 4.79 Å². The summed E-state index contributed by atoms with van der Waals surface area (Å²) in [5, 5.41) is 3.23. The van der Waals surface area contributed by atoms with Crippen molar-refractivity contribution < 1.29 is 9.53 Å². The quantitative estimate of drug-likeness (QED) is 0.855. The van der Waals surface area contributed by atoms with Gasteiger partial charge in [-0.2, -0.15) is 0 Å². The SMILES string of the molecule is CC(NCc1ccc(OCc2ccccc2)cc1)C(=O)N(C)C. The second-order valence-electron chi connectivity index (χ2n) is 5.75. The molecule has 23 heavy (non-hydrogen) atoms. The van der Waals surface area contributed by atoms with Crippen molar-refractivity contribution in [2.75, 3.05) is 14.1 Å². The van der Waals surface area contributed by atoms with Crippen molar-refractivity contribution in [2.24, 2.45) is 0 Å². The molecule has 0 spiro atoms. The highest BCUT2D eigenvalue weighted by Gasteiger charge is 2.13. The molecule has 0 heterocycles. The molecule has 1 unspecified atom stereocenters. The first-order valence-electron chi connectivity index (χ1n) is 7.76. The molecule has 4 heteroatoms. The van der Waals surface area contributed by atoms with Crippen LogP contribution in [0.5, 0.6) is 5.75 Å². The van der Waals surface area contributed by atoms with E-state index in [0.29, 0.717) is 13.2 Å². The number of carbonyl (C=O) groups is 1. The molecule has 1 amide bonds. The zero-order valence-electron chi connectivity index (χ0n) is 14.0. The van der Waals surface area contributed by atoms with Gasteiger partial charge in [-0.05, 0) is 30.2 Å². The second-order valence-corrected chi connectivity index (χ2v) is 5.75. The number of amides is 1. The number of likely N-dealkylation sites (N-methyl/N-ethyl adjacent to an activating group) is 1. The van der Waals surface area contributed by atoms with Gasteiger partial charge in [-0.25, -0.2) is 0 Å². The summed E-state index contributed by atoms with van der Waals surface area (Å²) in [4.78, 5) is 13.4. The van der Waals surface area contributed by atoms with Crippen molar-refractivity contribution in [3.63, 3.8) is 0 Å². The van der Waals surface area contributed by atoms with Crippen LogP contribution in [0.25, 0.3) is 0 Å². The number of ether oxygens (including phenoxy) is 1. The third-order valence-corrected chi connectivity index (χ3v) is 3.60. The summed E-state index contributed by atoms with van der Waals surface area (Å²) in [5.41, 5.74) is 2.27. The van der Waals surface area contributed by atoms with Gasteiger partial charge in [0.2, 0.25) is 5.91 Å². The summed E-state index contributed by atoms with van der Waals surface area (Å²) < 4.78 is 5.76. The number of rotatable bonds is 7. The third-order valence-electron chi connectivity index (χ3n) is 3.60. The molecule has 4 nitrogen and oxygen atoms in total. The van der Waals surface area contributed by atoms with E-state index in [1.54, 1.807) is 19.0 Å². The molecular formula is C19H24N2O2. The summed E-state index contributed by atoms with van der Waals surface area (Å²) in [5.74, 6) is 0.919. The minimum atomic E-state index is -0.195. The van der Waals surface area contributed by atoms with Gasteiger partial charge in [0.05, 0.1) is 6.04 Å². The number of carbonyl (C=O) groups excluding carboxylic acids is 1. The molecule has 0 fully saturated rings. The van der Waals surface area contributed by atoms with Crippen LogP contribution in [-0.4, -0.2) is 30.9 Å². The van der Waals surface area contributed by atoms with Crippen LogP contribution in [0.4, 0.5) is 0 Å². The fourth-order valence-corrected chi connectivity index (χ4v) is 2.19. The van der Waals surface area contributed by atoms with Crippen LogP contribution >= 0.6 is 0 Å². The molecule has 0 radical (unpaired) electrons. The molecule has 2 rings (SSSR count). The van der Waals surface area contributed by atoms with Crippen molar-refractivity contribution in [3.05, 3.63) is 65.7 Å². The van der Waals surface area contributed by atoms with E-state index in [-0.39, 0.29) is 11.9 Å². The van der Waals surface area contributed by atoms with Crippen LogP contribution in [0.2, 0.25) is 0 Å². The Balaban J connectivity index is 1.81. The first kappa shape index (κ1) is 17.0. The molecule has 0 saturated carbocycles. The van der Waals surface area contributed by atoms with E-state index in [1.807, 2.05) is 61.5 Å². The van der Waals surface area contributed by atoms with Gasteiger partial charge in [0.25, 0.3) is 0 Å². The number of nitrogens with zero attached hydrogens (tertiary/aromatic N) is 1. The van der Waals surface area contributed by atoms with Crippen LogP contribution in [0, 0.1) is 0 Å². The van der Waals surface area contributed by atoms with Crippen LogP contribution < -0.4 is 10.1 Å². The van der Waals surface area contributed by atoms with Gasteiger partial charge in [0.15, 0.2) is 0 Å². The van der Waals surface area contributed by atoms with Gasteiger partial charge in [0.1, 0.15) is 12.4 Å². The first-order chi connectivity index (χ1) is 11.1. The third kappa shape index (κ3) is 5.42. The Morgan fingerprint density at radius 1 is 1.04 bits per heavy atom. The second kappa shape index (κ2) is 8.34. The first-order valence-corrected chi connectivity index (χ1v) is 7.76. The molecular weight excluding hydrogens is 288 g/mol. The van der Waals surface area contributed by atoms with Gasteiger partial charge < -0.3 is 15.0 Å². The van der Waals surface area contributed by atoms with Crippen molar-refractivity contribution in [1.82, 2.24) is 10.2 Å². The van der Waals surface area contributed by atoms with Crippen molar-refractivity contribution in [3.8, 4) is 5.75 Å². The van der Waals surface area contributed by atoms with Crippen molar-refractivity contribution in [1.29, 1.82) is 0 Å². The van der Waals surface area contributed by atoms with Crippen LogP contribution in [0.3, 0.4) is 0 Å². The van der Waals surface area contributed by atoms with Crippen LogP contribution in [0.15, 0.2) is 54.6 Å². The lowest BCUT2D eigenvalue weighted by molar-refractivity contribution is -0.130. The minimum Gasteiger partial charge on any atom is -0.489 e. The number of benzene rings is 2. The molecule has 0 bridgehead atoms. The summed E-state index contributed by atoms with van der Waals surface area (Å²) >= 11 is 0. The van der Waals surface area contributed by atoms with Gasteiger partial charge >= 0.3 is 0 Å². The molecule has 1 N–H and O–H groups in total. The van der Waals surface area contributed by atoms with E-state index >= 15 is 0 Å². The average molecular weight is 312 g/mol. The summed E-state index contributed by atoms with van der Waals surface area (Å²) in [6.45, 7) is 3.09. The summed E-state index contributed by atoms with van der Waals surface area (Å²) in [6.07, 6.45) is 0. The van der Waals surface area contributed by atoms with Crippen molar-refractivity contribution in [2.45, 2.75) is 26.1 Å². The van der Waals surface area contributed by atoms with E-state index in [0.717, 1.165) is 16.9 Å². The number of hydrogen-bond acceptors (Lipinski definition) is 3. The van der Waals surface area contributed by atoms with Crippen LogP contribution in [0.1, 0.15) is 18.1 Å². The predicted octanol–water partition coefficient (Wildman–Crippen LogP) is 2.83. The van der Waals surface area contributed by atoms with Crippen LogP contribution in [-0.2, 0) is 17.9 Å². The highest BCUT2D eigenvalue weighted by atomic mass is 16.5. The highest BCUT2D eigenvalue weighted by molar-refractivity contribution is 5.80. The van der Waals surface area contributed by atoms with Gasteiger partial charge in [0, 0.05) is 20.6 Å². The Morgan fingerprint density at radius 3 is 2.30 bits per heavy atom. The van der Waals surface area contributed by atoms with Gasteiger partial charge in [-0.3, -0.25) is 4.79 Å². The van der Waals surface area contributed by atoms with Crippen molar-refractivity contribution >= 4 is 5.91 Å². The maximum absolute atomic E-state index is 11.8. The van der Waals surface area contributed by atoms with E-state index in [2.05, 4.69) is 5.32 Å². The molecule has 0 aliphatic carbocycles. The zero-order valence-corrected chi connectivity index (χ0v) is 14.0. The molecule has 2 aromatic carbocycles. The molecule has 2 aromatic rings. The Kier molecular flexibility index (Phi) is 6.18. The summed E-state index contributed by atoms with van der Waals surface area (Å²) in [7, 11) is 3.53. The van der Waals surface area contributed by atoms with Gasteiger partial charge in [-0.15, -0.1) is 0 Å². The normalized spacial score (nSPS) is 11.8. The maximum atomic E-state index is 11.8. The fraction of sp³-hybridized carbons (Fsp3) is 0.316. The Bertz CT molecular complexity index is 609. The fourth-order valence-electron chi connectivity index (χ4n) is 2.19. The largest absolute Gasteiger partial charge is 0.489 e. The lowest BCUT2D eigenvalue weighted by Gasteiger charge is -2.18. The Hall–Kier alpha value is -2.33. The molecule has 0 saturated heterocycles. The van der Waals surface area contributed by atoms with E-state index < -0.39 is 0 Å². The molecule has 0 aliphatic heterocycles. The molecule has 0 aromatic heterocycles. The summed E-state index contributed by atoms with van der Waals surface area (Å²) in [6, 6.07) is 17.8. The topological polar surface area (TPSA) is 41.6 Å². The van der Waals surface area contributed by atoms with Gasteiger partial charge in [-0.1, -0.05) is 42.5 Å². The molecule has 0 aliphatic rings. The van der Waals surface area contributed by atoms with E-state index in [4.69, 9.17) is 4.74 Å². The Labute approximate surface area is 138 Å². The zero-order chi connectivity index (χ0) is 16.7. The monoisotopic (exact) mass is 312 g/mol. The lowest BCUT2D eigenvalue weighted by atomic mass is 10.2. The standard InChI is InChI=1S/C19H24N2O2/c1-15(19(22)21(2)3)20-13-16-9-11-18(12-10-16)23-14-17-7-5-4-6-8-17/h4-12,15,20H,13-14H2,1-3H3. The molecule has 1 atom stereocenters.